The Bertz CT molecular complexity index is 593. The summed E-state index contributed by atoms with van der Waals surface area (Å²) in [5.74, 6) is 4.18. The Kier molecular flexibility index (Phi) is 3.45. The van der Waals surface area contributed by atoms with Crippen molar-refractivity contribution in [2.75, 3.05) is 19.7 Å². The molecular weight excluding hydrogens is 278 g/mol. The number of fused-ring (bicyclic) bond motifs is 3. The highest BCUT2D eigenvalue weighted by Crippen LogP contribution is 2.49. The van der Waals surface area contributed by atoms with Gasteiger partial charge in [-0.05, 0) is 18.6 Å². The lowest BCUT2D eigenvalue weighted by atomic mass is 9.61. The summed E-state index contributed by atoms with van der Waals surface area (Å²) in [4.78, 5) is 12.7. The predicted octanol–water partition coefficient (Wildman–Crippen LogP) is 1.77. The standard InChI is InChI=1S/C15H18F2N2O2/c1-2-12(20)15-5-6-19(18)7-9(15)8-21-14-11(17)4-3-10(16)13(14)15/h3-4,9H,2,5-8,18H2,1H3/t9-,15?/m1/s1. The van der Waals surface area contributed by atoms with Gasteiger partial charge in [-0.15, -0.1) is 0 Å². The lowest BCUT2D eigenvalue weighted by Gasteiger charge is -2.48. The molecular formula is C15H18F2N2O2. The minimum atomic E-state index is -1.02. The number of nitrogens with two attached hydrogens (primary N) is 1. The molecule has 21 heavy (non-hydrogen) atoms. The zero-order valence-electron chi connectivity index (χ0n) is 11.9. The van der Waals surface area contributed by atoms with Gasteiger partial charge < -0.3 is 4.74 Å². The van der Waals surface area contributed by atoms with Crippen LogP contribution in [0.5, 0.6) is 5.75 Å². The maximum absolute atomic E-state index is 14.4. The number of carbonyl (C=O) groups is 1. The van der Waals surface area contributed by atoms with Crippen LogP contribution in [0, 0.1) is 17.6 Å². The van der Waals surface area contributed by atoms with Gasteiger partial charge in [-0.25, -0.2) is 13.8 Å². The Morgan fingerprint density at radius 3 is 2.90 bits per heavy atom. The minimum Gasteiger partial charge on any atom is -0.490 e. The molecule has 0 aliphatic carbocycles. The quantitative estimate of drug-likeness (QED) is 0.845. The van der Waals surface area contributed by atoms with Gasteiger partial charge in [0.15, 0.2) is 11.6 Å². The highest BCUT2D eigenvalue weighted by atomic mass is 19.1. The third-order valence-corrected chi connectivity index (χ3v) is 4.70. The van der Waals surface area contributed by atoms with E-state index < -0.39 is 17.0 Å². The highest BCUT2D eigenvalue weighted by Gasteiger charge is 2.54. The van der Waals surface area contributed by atoms with Crippen molar-refractivity contribution in [1.82, 2.24) is 5.01 Å². The average molecular weight is 296 g/mol. The molecule has 114 valence electrons. The lowest BCUT2D eigenvalue weighted by Crippen LogP contribution is -2.59. The molecule has 1 fully saturated rings. The first-order valence-corrected chi connectivity index (χ1v) is 7.15. The summed E-state index contributed by atoms with van der Waals surface area (Å²) in [7, 11) is 0. The van der Waals surface area contributed by atoms with E-state index in [0.717, 1.165) is 12.1 Å². The number of nitrogens with zero attached hydrogens (tertiary/aromatic N) is 1. The molecule has 1 saturated heterocycles. The number of hydrazine groups is 1. The summed E-state index contributed by atoms with van der Waals surface area (Å²) >= 11 is 0. The number of ketones is 1. The van der Waals surface area contributed by atoms with E-state index in [0.29, 0.717) is 19.5 Å². The average Bonchev–Trinajstić information content (AvgIpc) is 2.49. The molecule has 2 heterocycles. The van der Waals surface area contributed by atoms with E-state index in [1.165, 1.54) is 0 Å². The first kappa shape index (κ1) is 14.4. The van der Waals surface area contributed by atoms with Gasteiger partial charge in [-0.2, -0.15) is 0 Å². The van der Waals surface area contributed by atoms with E-state index in [1.54, 1.807) is 11.9 Å². The Hall–Kier alpha value is -1.53. The van der Waals surface area contributed by atoms with Gasteiger partial charge >= 0.3 is 0 Å². The lowest BCUT2D eigenvalue weighted by molar-refractivity contribution is -0.131. The van der Waals surface area contributed by atoms with Crippen LogP contribution < -0.4 is 10.6 Å². The second-order valence-electron chi connectivity index (χ2n) is 5.73. The van der Waals surface area contributed by atoms with Gasteiger partial charge in [0.1, 0.15) is 11.6 Å². The van der Waals surface area contributed by atoms with Gasteiger partial charge in [0, 0.05) is 31.0 Å². The topological polar surface area (TPSA) is 55.6 Å². The summed E-state index contributed by atoms with van der Waals surface area (Å²) in [5, 5.41) is 1.61. The molecule has 0 amide bonds. The monoisotopic (exact) mass is 296 g/mol. The molecule has 6 heteroatoms. The zero-order chi connectivity index (χ0) is 15.2. The van der Waals surface area contributed by atoms with E-state index in [4.69, 9.17) is 10.6 Å². The number of carbonyl (C=O) groups excluding carboxylic acids is 1. The molecule has 2 atom stereocenters. The Morgan fingerprint density at radius 2 is 2.19 bits per heavy atom. The summed E-state index contributed by atoms with van der Waals surface area (Å²) in [5.41, 5.74) is -0.941. The number of piperidine rings is 1. The van der Waals surface area contributed by atoms with Gasteiger partial charge in [0.2, 0.25) is 0 Å². The van der Waals surface area contributed by atoms with Crippen molar-refractivity contribution >= 4 is 5.78 Å². The number of ether oxygens (including phenoxy) is 1. The van der Waals surface area contributed by atoms with Crippen LogP contribution in [0.2, 0.25) is 0 Å². The molecule has 0 spiro atoms. The minimum absolute atomic E-state index is 0.0744. The first-order valence-electron chi connectivity index (χ1n) is 7.15. The van der Waals surface area contributed by atoms with Crippen molar-refractivity contribution in [2.45, 2.75) is 25.2 Å². The van der Waals surface area contributed by atoms with Crippen molar-refractivity contribution in [3.63, 3.8) is 0 Å². The van der Waals surface area contributed by atoms with E-state index >= 15 is 0 Å². The molecule has 3 rings (SSSR count). The number of benzene rings is 1. The Labute approximate surface area is 121 Å². The third kappa shape index (κ3) is 1.97. The summed E-state index contributed by atoms with van der Waals surface area (Å²) < 4.78 is 33.8. The van der Waals surface area contributed by atoms with E-state index in [1.807, 2.05) is 0 Å². The molecule has 4 nitrogen and oxygen atoms in total. The number of halogens is 2. The second kappa shape index (κ2) is 5.03. The third-order valence-electron chi connectivity index (χ3n) is 4.70. The molecule has 0 bridgehead atoms. The van der Waals surface area contributed by atoms with Gasteiger partial charge in [0.05, 0.1) is 12.0 Å². The van der Waals surface area contributed by atoms with Crippen LogP contribution in [0.1, 0.15) is 25.3 Å². The largest absolute Gasteiger partial charge is 0.490 e. The molecule has 1 unspecified atom stereocenters. The fourth-order valence-electron chi connectivity index (χ4n) is 3.67. The van der Waals surface area contributed by atoms with Gasteiger partial charge in [-0.3, -0.25) is 10.6 Å². The van der Waals surface area contributed by atoms with Crippen LogP contribution in [-0.2, 0) is 10.2 Å². The molecule has 1 aromatic carbocycles. The normalized spacial score (nSPS) is 28.5. The maximum atomic E-state index is 14.4. The summed E-state index contributed by atoms with van der Waals surface area (Å²) in [6, 6.07) is 2.11. The van der Waals surface area contributed by atoms with Crippen LogP contribution >= 0.6 is 0 Å². The van der Waals surface area contributed by atoms with Crippen molar-refractivity contribution in [3.8, 4) is 5.75 Å². The molecule has 0 radical (unpaired) electrons. The van der Waals surface area contributed by atoms with Crippen LogP contribution in [0.15, 0.2) is 12.1 Å². The fraction of sp³-hybridized carbons (Fsp3) is 0.533. The van der Waals surface area contributed by atoms with Crippen LogP contribution in [0.3, 0.4) is 0 Å². The SMILES string of the molecule is CCC(=O)C12CCN(N)C[C@@H]1COc1c(F)ccc(F)c12. The first-order chi connectivity index (χ1) is 10.0. The number of hydrogen-bond acceptors (Lipinski definition) is 4. The number of Topliss-reactive ketones (excluding diaryl/α,β-unsaturated/α-hetero) is 1. The number of hydrogen-bond donors (Lipinski definition) is 1. The summed E-state index contributed by atoms with van der Waals surface area (Å²) in [6.45, 7) is 2.82. The highest BCUT2D eigenvalue weighted by molar-refractivity contribution is 5.91. The summed E-state index contributed by atoms with van der Waals surface area (Å²) in [6.07, 6.45) is 0.661. The molecule has 2 aliphatic rings. The van der Waals surface area contributed by atoms with E-state index in [9.17, 15) is 13.6 Å². The maximum Gasteiger partial charge on any atom is 0.165 e. The fourth-order valence-corrected chi connectivity index (χ4v) is 3.67. The molecule has 0 aromatic heterocycles. The second-order valence-corrected chi connectivity index (χ2v) is 5.73. The van der Waals surface area contributed by atoms with E-state index in [2.05, 4.69) is 0 Å². The van der Waals surface area contributed by atoms with Crippen molar-refractivity contribution in [3.05, 3.63) is 29.3 Å². The molecule has 2 N–H and O–H groups in total. The smallest absolute Gasteiger partial charge is 0.165 e. The van der Waals surface area contributed by atoms with Crippen molar-refractivity contribution in [2.24, 2.45) is 11.8 Å². The molecule has 2 aliphatic heterocycles. The van der Waals surface area contributed by atoms with Crippen LogP contribution in [-0.4, -0.2) is 30.5 Å². The number of rotatable bonds is 2. The van der Waals surface area contributed by atoms with Gasteiger partial charge in [0.25, 0.3) is 0 Å². The Morgan fingerprint density at radius 1 is 1.48 bits per heavy atom. The Balaban J connectivity index is 2.23. The zero-order valence-corrected chi connectivity index (χ0v) is 11.9. The van der Waals surface area contributed by atoms with Gasteiger partial charge in [-0.1, -0.05) is 6.92 Å². The van der Waals surface area contributed by atoms with Crippen molar-refractivity contribution < 1.29 is 18.3 Å². The van der Waals surface area contributed by atoms with Crippen LogP contribution in [0.25, 0.3) is 0 Å². The molecule has 1 aromatic rings. The molecule has 0 saturated carbocycles. The predicted molar refractivity (Wildman–Crippen MR) is 72.7 cm³/mol. The van der Waals surface area contributed by atoms with E-state index in [-0.39, 0.29) is 36.0 Å². The van der Waals surface area contributed by atoms with Crippen LogP contribution in [0.4, 0.5) is 8.78 Å². The van der Waals surface area contributed by atoms with Crippen molar-refractivity contribution in [1.29, 1.82) is 0 Å².